The summed E-state index contributed by atoms with van der Waals surface area (Å²) in [5, 5.41) is 6.27. The van der Waals surface area contributed by atoms with Crippen molar-refractivity contribution in [1.29, 1.82) is 0 Å². The average molecular weight is 973 g/mol. The molecule has 0 spiro atoms. The van der Waals surface area contributed by atoms with Crippen LogP contribution >= 0.6 is 11.8 Å². The number of ether oxygens (including phenoxy) is 2. The van der Waals surface area contributed by atoms with E-state index in [9.17, 15) is 22.6 Å². The van der Waals surface area contributed by atoms with Gasteiger partial charge >= 0.3 is 12.2 Å². The molecule has 0 fully saturated rings. The van der Waals surface area contributed by atoms with Crippen LogP contribution in [0, 0.1) is 11.6 Å². The number of amides is 2. The van der Waals surface area contributed by atoms with Crippen molar-refractivity contribution in [1.82, 2.24) is 40.5 Å². The number of carbonyl (C=O) groups excluding carboxylic acids is 2. The molecule has 2 N–H and O–H groups in total. The summed E-state index contributed by atoms with van der Waals surface area (Å²) < 4.78 is 61.9. The van der Waals surface area contributed by atoms with E-state index in [4.69, 9.17) is 18.3 Å². The molecule has 4 heterocycles. The van der Waals surface area contributed by atoms with Crippen LogP contribution in [0.15, 0.2) is 153 Å². The van der Waals surface area contributed by atoms with Gasteiger partial charge in [0.05, 0.1) is 10.8 Å². The molecule has 0 bridgehead atoms. The second kappa shape index (κ2) is 22.0. The lowest BCUT2D eigenvalue weighted by molar-refractivity contribution is 0.125. The van der Waals surface area contributed by atoms with E-state index in [2.05, 4.69) is 40.5 Å². The fourth-order valence-corrected chi connectivity index (χ4v) is 7.23. The Balaban J connectivity index is 0.000000204. The summed E-state index contributed by atoms with van der Waals surface area (Å²) in [6, 6.07) is 33.7. The fraction of sp³-hybridized carbons (Fsp3) is 0.200. The van der Waals surface area contributed by atoms with Crippen LogP contribution in [0.1, 0.15) is 50.6 Å². The van der Waals surface area contributed by atoms with Crippen LogP contribution in [-0.4, -0.2) is 58.8 Å². The van der Waals surface area contributed by atoms with E-state index in [-0.39, 0.29) is 41.7 Å². The fourth-order valence-electron chi connectivity index (χ4n) is 6.44. The molecule has 354 valence electrons. The standard InChI is InChI=1S/C25H23FN4O4S.C25H23FN4O3S/c1-25(2,30-24(31)33-15-16-7-5-4-6-8-16)22-29-20(17-9-11-18(26)12-10-17)21(34-22)19-13-14-27-23(28-19)35(3)32;1-25(2,30-24(31)32-15-16-7-5-4-6-8-16)22-29-20(17-9-11-18(26)12-10-17)21(33-22)19-13-14-27-23(28-19)34-3/h4-14H,15H2,1-3H3,(H,30,31);4-14H,15H2,1-3H3,(H,30,31). The van der Waals surface area contributed by atoms with Gasteiger partial charge in [0.15, 0.2) is 16.7 Å². The largest absolute Gasteiger partial charge is 0.445 e. The Hall–Kier alpha value is -7.64. The van der Waals surface area contributed by atoms with Crippen LogP contribution in [0.25, 0.3) is 45.4 Å². The van der Waals surface area contributed by atoms with Gasteiger partial charge in [-0.25, -0.2) is 48.3 Å². The summed E-state index contributed by atoms with van der Waals surface area (Å²) in [6.45, 7) is 7.19. The number of nitrogens with zero attached hydrogens (tertiary/aromatic N) is 6. The molecular formula is C50H46F2N8O7S2. The van der Waals surface area contributed by atoms with Crippen molar-refractivity contribution in [2.24, 2.45) is 0 Å². The van der Waals surface area contributed by atoms with Crippen LogP contribution in [-0.2, 0) is 44.6 Å². The third-order valence-electron chi connectivity index (χ3n) is 9.99. The van der Waals surface area contributed by atoms with Crippen molar-refractivity contribution in [3.63, 3.8) is 0 Å². The van der Waals surface area contributed by atoms with Crippen molar-refractivity contribution in [3.8, 4) is 45.4 Å². The van der Waals surface area contributed by atoms with Gasteiger partial charge in [0.1, 0.15) is 58.7 Å². The highest BCUT2D eigenvalue weighted by Crippen LogP contribution is 2.37. The second-order valence-electron chi connectivity index (χ2n) is 16.1. The predicted octanol–water partition coefficient (Wildman–Crippen LogP) is 10.7. The molecule has 8 rings (SSSR count). The van der Waals surface area contributed by atoms with Crippen molar-refractivity contribution < 1.29 is 40.9 Å². The van der Waals surface area contributed by atoms with Gasteiger partial charge in [-0.1, -0.05) is 72.4 Å². The maximum absolute atomic E-state index is 13.5. The summed E-state index contributed by atoms with van der Waals surface area (Å²) in [5.74, 6) is 0.348. The van der Waals surface area contributed by atoms with Gasteiger partial charge in [-0.2, -0.15) is 0 Å². The number of hydrogen-bond donors (Lipinski definition) is 2. The van der Waals surface area contributed by atoms with Crippen molar-refractivity contribution in [2.75, 3.05) is 12.5 Å². The zero-order chi connectivity index (χ0) is 49.1. The van der Waals surface area contributed by atoms with Crippen LogP contribution in [0.5, 0.6) is 0 Å². The molecule has 0 saturated heterocycles. The van der Waals surface area contributed by atoms with E-state index in [1.807, 2.05) is 66.9 Å². The first-order valence-corrected chi connectivity index (χ1v) is 23.9. The summed E-state index contributed by atoms with van der Waals surface area (Å²) in [6.07, 6.45) is 5.20. The molecule has 1 atom stereocenters. The van der Waals surface area contributed by atoms with E-state index in [1.54, 1.807) is 70.3 Å². The molecule has 15 nitrogen and oxygen atoms in total. The lowest BCUT2D eigenvalue weighted by Crippen LogP contribution is -2.41. The molecule has 2 amide bonds. The Morgan fingerprint density at radius 3 is 1.45 bits per heavy atom. The van der Waals surface area contributed by atoms with Crippen LogP contribution in [0.3, 0.4) is 0 Å². The monoisotopic (exact) mass is 972 g/mol. The number of benzene rings is 4. The summed E-state index contributed by atoms with van der Waals surface area (Å²) in [5.41, 5.74) is 2.64. The number of thioether (sulfide) groups is 1. The molecule has 0 aliphatic rings. The summed E-state index contributed by atoms with van der Waals surface area (Å²) >= 11 is 1.40. The molecule has 0 aliphatic heterocycles. The normalized spacial score (nSPS) is 11.8. The number of halogens is 2. The maximum atomic E-state index is 13.5. The third-order valence-corrected chi connectivity index (χ3v) is 11.3. The van der Waals surface area contributed by atoms with Crippen LogP contribution in [0.2, 0.25) is 0 Å². The van der Waals surface area contributed by atoms with Crippen LogP contribution < -0.4 is 10.6 Å². The van der Waals surface area contributed by atoms with E-state index >= 15 is 0 Å². The zero-order valence-corrected chi connectivity index (χ0v) is 39.9. The van der Waals surface area contributed by atoms with Gasteiger partial charge in [-0.15, -0.1) is 0 Å². The topological polar surface area (TPSA) is 197 Å². The molecule has 4 aromatic heterocycles. The first-order valence-electron chi connectivity index (χ1n) is 21.1. The molecule has 0 saturated carbocycles. The van der Waals surface area contributed by atoms with Gasteiger partial charge in [0.25, 0.3) is 0 Å². The smallest absolute Gasteiger partial charge is 0.408 e. The maximum Gasteiger partial charge on any atom is 0.408 e. The number of aromatic nitrogens is 6. The molecule has 1 unspecified atom stereocenters. The minimum absolute atomic E-state index is 0.109. The quantitative estimate of drug-likeness (QED) is 0.0771. The predicted molar refractivity (Wildman–Crippen MR) is 256 cm³/mol. The Kier molecular flexibility index (Phi) is 15.7. The number of oxazole rings is 2. The Bertz CT molecular complexity index is 3050. The summed E-state index contributed by atoms with van der Waals surface area (Å²) in [4.78, 5) is 51.3. The second-order valence-corrected chi connectivity index (χ2v) is 18.2. The van der Waals surface area contributed by atoms with Crippen molar-refractivity contribution in [3.05, 3.63) is 168 Å². The minimum Gasteiger partial charge on any atom is -0.445 e. The number of nitrogens with one attached hydrogen (secondary N) is 2. The number of hydrogen-bond acceptors (Lipinski definition) is 14. The zero-order valence-electron chi connectivity index (χ0n) is 38.2. The highest BCUT2D eigenvalue weighted by Gasteiger charge is 2.34. The van der Waals surface area contributed by atoms with Crippen molar-refractivity contribution in [2.45, 2.75) is 62.3 Å². The average Bonchev–Trinajstić information content (AvgIpc) is 4.02. The molecular weight excluding hydrogens is 927 g/mol. The van der Waals surface area contributed by atoms with E-state index in [1.165, 1.54) is 48.5 Å². The van der Waals surface area contributed by atoms with Crippen LogP contribution in [0.4, 0.5) is 18.4 Å². The minimum atomic E-state index is -1.41. The van der Waals surface area contributed by atoms with E-state index < -0.39 is 39.9 Å². The van der Waals surface area contributed by atoms with Gasteiger partial charge in [0.2, 0.25) is 16.9 Å². The Morgan fingerprint density at radius 2 is 1.03 bits per heavy atom. The third kappa shape index (κ3) is 12.9. The van der Waals surface area contributed by atoms with Gasteiger partial charge in [-0.3, -0.25) is 4.21 Å². The Morgan fingerprint density at radius 1 is 0.609 bits per heavy atom. The Labute approximate surface area is 403 Å². The molecule has 19 heteroatoms. The number of rotatable bonds is 14. The van der Waals surface area contributed by atoms with Gasteiger partial charge in [-0.05, 0) is 106 Å². The molecule has 0 aliphatic carbocycles. The first-order chi connectivity index (χ1) is 33.1. The molecule has 0 radical (unpaired) electrons. The number of alkyl carbamates (subject to hydrolysis) is 2. The highest BCUT2D eigenvalue weighted by atomic mass is 32.2. The van der Waals surface area contributed by atoms with E-state index in [0.717, 1.165) is 11.1 Å². The molecule has 8 aromatic rings. The van der Waals surface area contributed by atoms with Gasteiger partial charge < -0.3 is 28.9 Å². The molecule has 69 heavy (non-hydrogen) atoms. The van der Waals surface area contributed by atoms with E-state index in [0.29, 0.717) is 44.8 Å². The first kappa shape index (κ1) is 49.3. The number of carbonyl (C=O) groups is 2. The van der Waals surface area contributed by atoms with Crippen molar-refractivity contribution >= 4 is 34.7 Å². The lowest BCUT2D eigenvalue weighted by atomic mass is 10.1. The SMILES string of the molecule is CS(=O)c1nccc(-c2oc(C(C)(C)NC(=O)OCc3ccccc3)nc2-c2ccc(F)cc2)n1.CSc1nccc(-c2oc(C(C)(C)NC(=O)OCc3ccccc3)nc2-c2ccc(F)cc2)n1. The lowest BCUT2D eigenvalue weighted by Gasteiger charge is -2.22. The molecule has 4 aromatic carbocycles. The summed E-state index contributed by atoms with van der Waals surface area (Å²) in [7, 11) is -1.41. The van der Waals surface area contributed by atoms with Gasteiger partial charge in [0, 0.05) is 29.8 Å². The highest BCUT2D eigenvalue weighted by molar-refractivity contribution is 7.98.